The number of nitrogens with one attached hydrogen (secondary N) is 2. The molecular formula is C22H35IN8O. The molecule has 2 aromatic rings. The van der Waals surface area contributed by atoms with E-state index in [9.17, 15) is 4.79 Å². The maximum absolute atomic E-state index is 12.0. The molecule has 0 saturated heterocycles. The zero-order valence-corrected chi connectivity index (χ0v) is 21.7. The van der Waals surface area contributed by atoms with Crippen molar-refractivity contribution in [1.82, 2.24) is 30.3 Å². The van der Waals surface area contributed by atoms with Crippen LogP contribution in [0.15, 0.2) is 35.3 Å². The van der Waals surface area contributed by atoms with Crippen LogP contribution in [-0.2, 0) is 17.8 Å². The molecule has 0 bridgehead atoms. The molecule has 0 radical (unpaired) electrons. The van der Waals surface area contributed by atoms with E-state index in [4.69, 9.17) is 0 Å². The van der Waals surface area contributed by atoms with E-state index in [0.717, 1.165) is 50.5 Å². The van der Waals surface area contributed by atoms with Gasteiger partial charge in [0.15, 0.2) is 5.96 Å². The first kappa shape index (κ1) is 25.9. The number of halogens is 1. The largest absolute Gasteiger partial charge is 0.375 e. The zero-order chi connectivity index (χ0) is 22.2. The van der Waals surface area contributed by atoms with Crippen LogP contribution in [0.25, 0.3) is 0 Å². The summed E-state index contributed by atoms with van der Waals surface area (Å²) >= 11 is 0. The number of anilines is 1. The van der Waals surface area contributed by atoms with Crippen molar-refractivity contribution < 1.29 is 4.79 Å². The number of aliphatic imine (C=N–C) groups is 1. The molecule has 1 aliphatic rings. The molecule has 1 atom stereocenters. The number of hydrogen-bond acceptors (Lipinski definition) is 5. The minimum Gasteiger partial charge on any atom is -0.375 e. The van der Waals surface area contributed by atoms with Gasteiger partial charge < -0.3 is 20.4 Å². The first-order valence-corrected chi connectivity index (χ1v) is 10.8. The number of amides is 1. The Morgan fingerprint density at radius 1 is 1.25 bits per heavy atom. The Hall–Kier alpha value is -2.37. The summed E-state index contributed by atoms with van der Waals surface area (Å²) in [6.07, 6.45) is 2.78. The fourth-order valence-corrected chi connectivity index (χ4v) is 3.52. The third-order valence-electron chi connectivity index (χ3n) is 5.34. The van der Waals surface area contributed by atoms with Crippen molar-refractivity contribution >= 4 is 41.5 Å². The van der Waals surface area contributed by atoms with Crippen molar-refractivity contribution in [3.05, 3.63) is 42.0 Å². The highest BCUT2D eigenvalue weighted by Gasteiger charge is 2.21. The van der Waals surface area contributed by atoms with E-state index in [-0.39, 0.29) is 42.5 Å². The van der Waals surface area contributed by atoms with Gasteiger partial charge in [-0.2, -0.15) is 5.10 Å². The second-order valence-corrected chi connectivity index (χ2v) is 8.13. The van der Waals surface area contributed by atoms with Gasteiger partial charge in [0.1, 0.15) is 18.2 Å². The zero-order valence-electron chi connectivity index (χ0n) is 19.4. The van der Waals surface area contributed by atoms with Crippen molar-refractivity contribution in [3.63, 3.8) is 0 Å². The number of benzene rings is 1. The number of rotatable bonds is 8. The lowest BCUT2D eigenvalue weighted by atomic mass is 10.1. The summed E-state index contributed by atoms with van der Waals surface area (Å²) < 4.78 is 1.97. The molecule has 3 rings (SSSR count). The molecule has 9 nitrogen and oxygen atoms in total. The van der Waals surface area contributed by atoms with E-state index >= 15 is 0 Å². The van der Waals surface area contributed by atoms with E-state index in [2.05, 4.69) is 49.8 Å². The molecular weight excluding hydrogens is 519 g/mol. The average molecular weight is 554 g/mol. The second kappa shape index (κ2) is 12.6. The second-order valence-electron chi connectivity index (χ2n) is 8.13. The van der Waals surface area contributed by atoms with Crippen LogP contribution in [0.2, 0.25) is 0 Å². The van der Waals surface area contributed by atoms with Crippen molar-refractivity contribution in [1.29, 1.82) is 0 Å². The van der Waals surface area contributed by atoms with Gasteiger partial charge in [0, 0.05) is 52.4 Å². The smallest absolute Gasteiger partial charge is 0.243 e. The molecule has 1 unspecified atom stereocenters. The number of fused-ring (bicyclic) bond motifs is 1. The highest BCUT2D eigenvalue weighted by molar-refractivity contribution is 14.0. The third kappa shape index (κ3) is 7.64. The summed E-state index contributed by atoms with van der Waals surface area (Å²) in [6.45, 7) is 4.47. The van der Waals surface area contributed by atoms with Crippen molar-refractivity contribution in [3.8, 4) is 0 Å². The van der Waals surface area contributed by atoms with Crippen LogP contribution in [0.5, 0.6) is 0 Å². The number of nitrogens with zero attached hydrogens (tertiary/aromatic N) is 6. The van der Waals surface area contributed by atoms with E-state index in [1.807, 2.05) is 29.8 Å². The van der Waals surface area contributed by atoms with Crippen LogP contribution in [0.1, 0.15) is 24.5 Å². The predicted molar refractivity (Wildman–Crippen MR) is 139 cm³/mol. The van der Waals surface area contributed by atoms with Crippen LogP contribution in [0, 0.1) is 6.92 Å². The SMILES string of the molecule is Cc1nc2n(n1)CC(NC(=NCC(=O)N(C)C)NCCCN(C)c1ccccc1)CC2.I. The van der Waals surface area contributed by atoms with E-state index in [0.29, 0.717) is 5.96 Å². The first-order chi connectivity index (χ1) is 14.9. The van der Waals surface area contributed by atoms with E-state index < -0.39 is 0 Å². The summed E-state index contributed by atoms with van der Waals surface area (Å²) in [7, 11) is 5.58. The summed E-state index contributed by atoms with van der Waals surface area (Å²) in [5.74, 6) is 2.49. The molecule has 0 fully saturated rings. The Bertz CT molecular complexity index is 883. The lowest BCUT2D eigenvalue weighted by Gasteiger charge is -2.26. The summed E-state index contributed by atoms with van der Waals surface area (Å²) in [5, 5.41) is 11.3. The lowest BCUT2D eigenvalue weighted by Crippen LogP contribution is -2.48. The van der Waals surface area contributed by atoms with Gasteiger partial charge in [0.2, 0.25) is 5.91 Å². The molecule has 1 aromatic heterocycles. The van der Waals surface area contributed by atoms with Crippen LogP contribution >= 0.6 is 24.0 Å². The summed E-state index contributed by atoms with van der Waals surface area (Å²) in [5.41, 5.74) is 1.20. The molecule has 2 N–H and O–H groups in total. The van der Waals surface area contributed by atoms with E-state index in [1.54, 1.807) is 19.0 Å². The van der Waals surface area contributed by atoms with Crippen LogP contribution in [0.3, 0.4) is 0 Å². The Balaban J connectivity index is 0.00000363. The topological polar surface area (TPSA) is 90.7 Å². The predicted octanol–water partition coefficient (Wildman–Crippen LogP) is 1.67. The average Bonchev–Trinajstić information content (AvgIpc) is 3.14. The van der Waals surface area contributed by atoms with Crippen LogP contribution in [0.4, 0.5) is 5.69 Å². The Morgan fingerprint density at radius 3 is 2.72 bits per heavy atom. The quantitative estimate of drug-likeness (QED) is 0.224. The van der Waals surface area contributed by atoms with Gasteiger partial charge in [0.05, 0.1) is 6.54 Å². The Kier molecular flexibility index (Phi) is 10.2. The van der Waals surface area contributed by atoms with Gasteiger partial charge in [-0.15, -0.1) is 24.0 Å². The highest BCUT2D eigenvalue weighted by Crippen LogP contribution is 2.13. The first-order valence-electron chi connectivity index (χ1n) is 10.8. The van der Waals surface area contributed by atoms with Gasteiger partial charge in [0.25, 0.3) is 0 Å². The monoisotopic (exact) mass is 554 g/mol. The molecule has 0 aliphatic carbocycles. The molecule has 0 saturated carbocycles. The summed E-state index contributed by atoms with van der Waals surface area (Å²) in [4.78, 5) is 24.8. The maximum atomic E-state index is 12.0. The van der Waals surface area contributed by atoms with Crippen LogP contribution < -0.4 is 15.5 Å². The summed E-state index contributed by atoms with van der Waals surface area (Å²) in [6, 6.07) is 10.5. The molecule has 0 spiro atoms. The minimum atomic E-state index is -0.0252. The highest BCUT2D eigenvalue weighted by atomic mass is 127. The molecule has 1 aliphatic heterocycles. The number of aryl methyl sites for hydroxylation is 2. The third-order valence-corrected chi connectivity index (χ3v) is 5.34. The standard InChI is InChI=1S/C22H34N8O.HI/c1-17-25-20-12-11-18(16-30(20)27-17)26-22(24-15-21(31)28(2)3)23-13-8-14-29(4)19-9-6-5-7-10-19;/h5-7,9-10,18H,8,11-16H2,1-4H3,(H2,23,24,26);1H. The maximum Gasteiger partial charge on any atom is 0.243 e. The molecule has 176 valence electrons. The fourth-order valence-electron chi connectivity index (χ4n) is 3.52. The molecule has 1 amide bonds. The lowest BCUT2D eigenvalue weighted by molar-refractivity contribution is -0.127. The van der Waals surface area contributed by atoms with E-state index in [1.165, 1.54) is 5.69 Å². The molecule has 1 aromatic carbocycles. The number of aromatic nitrogens is 3. The Labute approximate surface area is 207 Å². The number of carbonyl (C=O) groups excluding carboxylic acids is 1. The van der Waals surface area contributed by atoms with Crippen LogP contribution in [-0.4, -0.2) is 78.4 Å². The van der Waals surface area contributed by atoms with Gasteiger partial charge in [-0.25, -0.2) is 14.7 Å². The number of carbonyl (C=O) groups is 1. The normalized spacial score (nSPS) is 15.4. The van der Waals surface area contributed by atoms with Gasteiger partial charge in [-0.3, -0.25) is 4.79 Å². The van der Waals surface area contributed by atoms with Gasteiger partial charge in [-0.05, 0) is 31.9 Å². The van der Waals surface area contributed by atoms with Crippen molar-refractivity contribution in [2.45, 2.75) is 38.8 Å². The molecule has 2 heterocycles. The fraction of sp³-hybridized carbons (Fsp3) is 0.545. The molecule has 10 heteroatoms. The number of guanidine groups is 1. The molecule has 32 heavy (non-hydrogen) atoms. The number of hydrogen-bond donors (Lipinski definition) is 2. The van der Waals surface area contributed by atoms with Gasteiger partial charge in [-0.1, -0.05) is 18.2 Å². The number of para-hydroxylation sites is 1. The number of likely N-dealkylation sites (N-methyl/N-ethyl adjacent to an activating group) is 1. The Morgan fingerprint density at radius 2 is 2.00 bits per heavy atom. The minimum absolute atomic E-state index is 0. The van der Waals surface area contributed by atoms with Crippen molar-refractivity contribution in [2.24, 2.45) is 4.99 Å². The van der Waals surface area contributed by atoms with Gasteiger partial charge >= 0.3 is 0 Å². The van der Waals surface area contributed by atoms with Crippen molar-refractivity contribution in [2.75, 3.05) is 45.7 Å².